The largest absolute Gasteiger partial charge is 0.497 e. The first-order valence-electron chi connectivity index (χ1n) is 8.01. The van der Waals surface area contributed by atoms with E-state index in [1.807, 2.05) is 50.2 Å². The maximum atomic E-state index is 12.2. The molecule has 0 fully saturated rings. The Bertz CT molecular complexity index is 862. The predicted octanol–water partition coefficient (Wildman–Crippen LogP) is 4.15. The number of carbonyl (C=O) groups excluding carboxylic acids is 1. The zero-order chi connectivity index (χ0) is 17.8. The molecule has 2 aromatic carbocycles. The number of nitrogens with one attached hydrogen (secondary N) is 1. The second-order valence-corrected chi connectivity index (χ2v) is 6.01. The molecule has 1 heterocycles. The molecule has 0 aliphatic carbocycles. The fourth-order valence-electron chi connectivity index (χ4n) is 2.70. The lowest BCUT2D eigenvalue weighted by Gasteiger charge is -2.06. The SMILES string of the molecule is COc1ccc(-c2cc(CC(=O)Nc3cc(C)cc(C)c3)no2)cc1. The highest BCUT2D eigenvalue weighted by atomic mass is 16.5. The smallest absolute Gasteiger partial charge is 0.230 e. The second kappa shape index (κ2) is 7.21. The molecule has 0 spiro atoms. The lowest BCUT2D eigenvalue weighted by atomic mass is 10.1. The monoisotopic (exact) mass is 336 g/mol. The third-order valence-corrected chi connectivity index (χ3v) is 3.78. The van der Waals surface area contributed by atoms with Gasteiger partial charge in [-0.15, -0.1) is 0 Å². The van der Waals surface area contributed by atoms with Gasteiger partial charge in [0.25, 0.3) is 0 Å². The van der Waals surface area contributed by atoms with E-state index in [9.17, 15) is 4.79 Å². The molecule has 5 nitrogen and oxygen atoms in total. The maximum Gasteiger partial charge on any atom is 0.230 e. The van der Waals surface area contributed by atoms with Crippen LogP contribution in [0.2, 0.25) is 0 Å². The van der Waals surface area contributed by atoms with Gasteiger partial charge in [-0.1, -0.05) is 11.2 Å². The van der Waals surface area contributed by atoms with Gasteiger partial charge in [-0.2, -0.15) is 0 Å². The Morgan fingerprint density at radius 1 is 1.08 bits per heavy atom. The van der Waals surface area contributed by atoms with Gasteiger partial charge in [0, 0.05) is 17.3 Å². The number of benzene rings is 2. The van der Waals surface area contributed by atoms with Crippen molar-refractivity contribution in [2.75, 3.05) is 12.4 Å². The highest BCUT2D eigenvalue weighted by Crippen LogP contribution is 2.23. The van der Waals surface area contributed by atoms with Crippen molar-refractivity contribution in [3.63, 3.8) is 0 Å². The molecule has 5 heteroatoms. The van der Waals surface area contributed by atoms with Gasteiger partial charge in [0.05, 0.1) is 19.2 Å². The summed E-state index contributed by atoms with van der Waals surface area (Å²) in [6, 6.07) is 15.2. The molecule has 25 heavy (non-hydrogen) atoms. The molecule has 0 bridgehead atoms. The first-order valence-corrected chi connectivity index (χ1v) is 8.01. The topological polar surface area (TPSA) is 64.4 Å². The predicted molar refractivity (Wildman–Crippen MR) is 96.7 cm³/mol. The summed E-state index contributed by atoms with van der Waals surface area (Å²) < 4.78 is 10.5. The number of aromatic nitrogens is 1. The van der Waals surface area contributed by atoms with Gasteiger partial charge in [-0.25, -0.2) is 0 Å². The van der Waals surface area contributed by atoms with Crippen molar-refractivity contribution in [3.05, 3.63) is 65.4 Å². The Labute approximate surface area is 146 Å². The fourth-order valence-corrected chi connectivity index (χ4v) is 2.70. The molecule has 0 aliphatic heterocycles. The zero-order valence-electron chi connectivity index (χ0n) is 14.5. The minimum Gasteiger partial charge on any atom is -0.497 e. The number of anilines is 1. The number of amides is 1. The summed E-state index contributed by atoms with van der Waals surface area (Å²) in [6.45, 7) is 4.00. The lowest BCUT2D eigenvalue weighted by molar-refractivity contribution is -0.115. The Morgan fingerprint density at radius 3 is 2.40 bits per heavy atom. The standard InChI is InChI=1S/C20H20N2O3/c1-13-8-14(2)10-16(9-13)21-20(23)12-17-11-19(25-22-17)15-4-6-18(24-3)7-5-15/h4-11H,12H2,1-3H3,(H,21,23). The number of methoxy groups -OCH3 is 1. The quantitative estimate of drug-likeness (QED) is 0.760. The zero-order valence-corrected chi connectivity index (χ0v) is 14.5. The Kier molecular flexibility index (Phi) is 4.84. The molecular formula is C20H20N2O3. The van der Waals surface area contributed by atoms with Crippen LogP contribution < -0.4 is 10.1 Å². The molecule has 0 unspecified atom stereocenters. The lowest BCUT2D eigenvalue weighted by Crippen LogP contribution is -2.14. The van der Waals surface area contributed by atoms with Gasteiger partial charge in [0.1, 0.15) is 5.75 Å². The molecule has 0 aliphatic rings. The number of rotatable bonds is 5. The van der Waals surface area contributed by atoms with Crippen LogP contribution in [0.1, 0.15) is 16.8 Å². The van der Waals surface area contributed by atoms with E-state index in [1.165, 1.54) is 0 Å². The van der Waals surface area contributed by atoms with Crippen molar-refractivity contribution in [1.82, 2.24) is 5.16 Å². The van der Waals surface area contributed by atoms with E-state index in [4.69, 9.17) is 9.26 Å². The second-order valence-electron chi connectivity index (χ2n) is 6.01. The van der Waals surface area contributed by atoms with E-state index in [-0.39, 0.29) is 12.3 Å². The number of ether oxygens (including phenoxy) is 1. The number of carbonyl (C=O) groups is 1. The molecule has 1 N–H and O–H groups in total. The van der Waals surface area contributed by atoms with Crippen LogP contribution in [0.25, 0.3) is 11.3 Å². The van der Waals surface area contributed by atoms with E-state index in [2.05, 4.69) is 16.5 Å². The molecule has 0 saturated carbocycles. The molecule has 1 aromatic heterocycles. The van der Waals surface area contributed by atoms with Gasteiger partial charge >= 0.3 is 0 Å². The summed E-state index contributed by atoms with van der Waals surface area (Å²) >= 11 is 0. The summed E-state index contributed by atoms with van der Waals surface area (Å²) in [5, 5.41) is 6.88. The summed E-state index contributed by atoms with van der Waals surface area (Å²) in [6.07, 6.45) is 0.159. The van der Waals surface area contributed by atoms with Crippen LogP contribution in [-0.4, -0.2) is 18.2 Å². The van der Waals surface area contributed by atoms with E-state index >= 15 is 0 Å². The van der Waals surface area contributed by atoms with Crippen molar-refractivity contribution < 1.29 is 14.1 Å². The van der Waals surface area contributed by atoms with Crippen molar-refractivity contribution in [3.8, 4) is 17.1 Å². The molecule has 0 saturated heterocycles. The van der Waals surface area contributed by atoms with Gasteiger partial charge in [-0.3, -0.25) is 4.79 Å². The van der Waals surface area contributed by atoms with Crippen LogP contribution >= 0.6 is 0 Å². The highest BCUT2D eigenvalue weighted by molar-refractivity contribution is 5.92. The first kappa shape index (κ1) is 16.8. The molecule has 3 rings (SSSR count). The van der Waals surface area contributed by atoms with E-state index in [0.717, 1.165) is 28.1 Å². The number of hydrogen-bond acceptors (Lipinski definition) is 4. The highest BCUT2D eigenvalue weighted by Gasteiger charge is 2.11. The average molecular weight is 336 g/mol. The number of nitrogens with zero attached hydrogens (tertiary/aromatic N) is 1. The average Bonchev–Trinajstić information content (AvgIpc) is 3.02. The minimum absolute atomic E-state index is 0.125. The molecule has 0 radical (unpaired) electrons. The summed E-state index contributed by atoms with van der Waals surface area (Å²) in [5.74, 6) is 1.27. The normalized spacial score (nSPS) is 10.5. The van der Waals surface area contributed by atoms with Crippen molar-refractivity contribution >= 4 is 11.6 Å². The third kappa shape index (κ3) is 4.26. The van der Waals surface area contributed by atoms with Crippen LogP contribution in [-0.2, 0) is 11.2 Å². The van der Waals surface area contributed by atoms with Gasteiger partial charge in [-0.05, 0) is 61.4 Å². The van der Waals surface area contributed by atoms with Crippen molar-refractivity contribution in [2.45, 2.75) is 20.3 Å². The molecule has 1 amide bonds. The Balaban J connectivity index is 1.66. The molecule has 0 atom stereocenters. The first-order chi connectivity index (χ1) is 12.0. The molecule has 128 valence electrons. The fraction of sp³-hybridized carbons (Fsp3) is 0.200. The van der Waals surface area contributed by atoms with E-state index in [1.54, 1.807) is 13.2 Å². The van der Waals surface area contributed by atoms with Crippen LogP contribution in [0.5, 0.6) is 5.75 Å². The molecular weight excluding hydrogens is 316 g/mol. The number of aryl methyl sites for hydroxylation is 2. The maximum absolute atomic E-state index is 12.2. The van der Waals surface area contributed by atoms with Gasteiger partial charge < -0.3 is 14.6 Å². The van der Waals surface area contributed by atoms with Gasteiger partial charge in [0.2, 0.25) is 5.91 Å². The molecule has 3 aromatic rings. The van der Waals surface area contributed by atoms with Crippen molar-refractivity contribution in [2.24, 2.45) is 0 Å². The van der Waals surface area contributed by atoms with Crippen molar-refractivity contribution in [1.29, 1.82) is 0 Å². The van der Waals surface area contributed by atoms with E-state index in [0.29, 0.717) is 11.5 Å². The van der Waals surface area contributed by atoms with Crippen LogP contribution in [0, 0.1) is 13.8 Å². The van der Waals surface area contributed by atoms with Gasteiger partial charge in [0.15, 0.2) is 5.76 Å². The third-order valence-electron chi connectivity index (χ3n) is 3.78. The number of hydrogen-bond donors (Lipinski definition) is 1. The summed E-state index contributed by atoms with van der Waals surface area (Å²) in [7, 11) is 1.62. The summed E-state index contributed by atoms with van der Waals surface area (Å²) in [5.41, 5.74) is 4.49. The van der Waals surface area contributed by atoms with Crippen LogP contribution in [0.3, 0.4) is 0 Å². The Hall–Kier alpha value is -3.08. The van der Waals surface area contributed by atoms with Crippen LogP contribution in [0.4, 0.5) is 5.69 Å². The Morgan fingerprint density at radius 2 is 1.76 bits per heavy atom. The summed E-state index contributed by atoms with van der Waals surface area (Å²) in [4.78, 5) is 12.2. The van der Waals surface area contributed by atoms with Crippen LogP contribution in [0.15, 0.2) is 53.1 Å². The van der Waals surface area contributed by atoms with E-state index < -0.39 is 0 Å². The minimum atomic E-state index is -0.125.